The summed E-state index contributed by atoms with van der Waals surface area (Å²) in [4.78, 5) is 27.4. The standard InChI is InChI=1S/C20H20N2O3/c21-20(25)19-14-9-4-5-10-15(14)22-16-11-6-8-13(18(16)19)7-2-1-3-12-17(23)24/h4-6,8-11H,1-3,7,12H2,(H2,21,25)(H,23,24). The molecule has 0 saturated heterocycles. The number of carbonyl (C=O) groups excluding carboxylic acids is 1. The first kappa shape index (κ1) is 16.9. The number of unbranched alkanes of at least 4 members (excludes halogenated alkanes) is 2. The average molecular weight is 336 g/mol. The van der Waals surface area contributed by atoms with Crippen LogP contribution >= 0.6 is 0 Å². The molecule has 3 N–H and O–H groups in total. The smallest absolute Gasteiger partial charge is 0.303 e. The van der Waals surface area contributed by atoms with E-state index in [1.165, 1.54) is 0 Å². The van der Waals surface area contributed by atoms with E-state index in [9.17, 15) is 9.59 Å². The fraction of sp³-hybridized carbons (Fsp3) is 0.250. The van der Waals surface area contributed by atoms with Crippen LogP contribution in [-0.2, 0) is 11.2 Å². The van der Waals surface area contributed by atoms with Crippen molar-refractivity contribution in [2.45, 2.75) is 32.1 Å². The van der Waals surface area contributed by atoms with Crippen molar-refractivity contribution in [1.29, 1.82) is 0 Å². The van der Waals surface area contributed by atoms with Gasteiger partial charge >= 0.3 is 5.97 Å². The maximum atomic E-state index is 12.2. The van der Waals surface area contributed by atoms with Crippen LogP contribution < -0.4 is 5.73 Å². The predicted octanol–water partition coefficient (Wildman–Crippen LogP) is 3.67. The molecule has 0 atom stereocenters. The molecule has 0 bridgehead atoms. The minimum atomic E-state index is -0.767. The van der Waals surface area contributed by atoms with Crippen LogP contribution in [0.15, 0.2) is 42.5 Å². The van der Waals surface area contributed by atoms with E-state index in [-0.39, 0.29) is 6.42 Å². The van der Waals surface area contributed by atoms with Gasteiger partial charge in [-0.25, -0.2) is 4.98 Å². The van der Waals surface area contributed by atoms with Crippen molar-refractivity contribution >= 4 is 33.7 Å². The Balaban J connectivity index is 2.00. The van der Waals surface area contributed by atoms with E-state index >= 15 is 0 Å². The highest BCUT2D eigenvalue weighted by Gasteiger charge is 2.16. The van der Waals surface area contributed by atoms with E-state index in [0.717, 1.165) is 46.6 Å². The van der Waals surface area contributed by atoms with Crippen LogP contribution in [0.25, 0.3) is 21.8 Å². The Labute approximate surface area is 145 Å². The zero-order valence-electron chi connectivity index (χ0n) is 13.9. The van der Waals surface area contributed by atoms with Gasteiger partial charge < -0.3 is 10.8 Å². The Hall–Kier alpha value is -2.95. The summed E-state index contributed by atoms with van der Waals surface area (Å²) in [5.41, 5.74) is 8.75. The van der Waals surface area contributed by atoms with Gasteiger partial charge in [0.1, 0.15) is 0 Å². The second-order valence-corrected chi connectivity index (χ2v) is 6.13. The van der Waals surface area contributed by atoms with E-state index in [1.54, 1.807) is 0 Å². The number of carboxylic acids is 1. The molecular formula is C20H20N2O3. The molecule has 1 amide bonds. The third-order valence-electron chi connectivity index (χ3n) is 4.38. The minimum Gasteiger partial charge on any atom is -0.481 e. The van der Waals surface area contributed by atoms with E-state index in [4.69, 9.17) is 10.8 Å². The van der Waals surface area contributed by atoms with Crippen molar-refractivity contribution in [3.63, 3.8) is 0 Å². The van der Waals surface area contributed by atoms with Crippen molar-refractivity contribution in [1.82, 2.24) is 4.98 Å². The molecule has 1 aromatic heterocycles. The van der Waals surface area contributed by atoms with Crippen LogP contribution in [0, 0.1) is 0 Å². The lowest BCUT2D eigenvalue weighted by atomic mass is 9.95. The van der Waals surface area contributed by atoms with Gasteiger partial charge in [0.05, 0.1) is 16.6 Å². The van der Waals surface area contributed by atoms with Gasteiger partial charge in [-0.2, -0.15) is 0 Å². The predicted molar refractivity (Wildman–Crippen MR) is 97.6 cm³/mol. The van der Waals surface area contributed by atoms with Gasteiger partial charge in [0.2, 0.25) is 5.91 Å². The van der Waals surface area contributed by atoms with Crippen LogP contribution in [0.5, 0.6) is 0 Å². The highest BCUT2D eigenvalue weighted by Crippen LogP contribution is 2.29. The summed E-state index contributed by atoms with van der Waals surface area (Å²) >= 11 is 0. The minimum absolute atomic E-state index is 0.189. The number of primary amides is 1. The second kappa shape index (κ2) is 7.30. The summed E-state index contributed by atoms with van der Waals surface area (Å²) < 4.78 is 0. The van der Waals surface area contributed by atoms with E-state index < -0.39 is 11.9 Å². The molecule has 1 heterocycles. The molecule has 5 nitrogen and oxygen atoms in total. The number of aliphatic carboxylic acids is 1. The largest absolute Gasteiger partial charge is 0.481 e. The van der Waals surface area contributed by atoms with Crippen molar-refractivity contribution in [2.75, 3.05) is 0 Å². The maximum Gasteiger partial charge on any atom is 0.303 e. The lowest BCUT2D eigenvalue weighted by Gasteiger charge is -2.12. The molecule has 3 aromatic rings. The fourth-order valence-corrected chi connectivity index (χ4v) is 3.25. The van der Waals surface area contributed by atoms with Gasteiger partial charge in [0, 0.05) is 17.2 Å². The summed E-state index contributed by atoms with van der Waals surface area (Å²) in [6, 6.07) is 13.3. The summed E-state index contributed by atoms with van der Waals surface area (Å²) in [6.07, 6.45) is 3.29. The molecule has 3 rings (SSSR count). The van der Waals surface area contributed by atoms with Crippen LogP contribution in [-0.4, -0.2) is 22.0 Å². The highest BCUT2D eigenvalue weighted by atomic mass is 16.4. The number of hydrogen-bond donors (Lipinski definition) is 2. The Morgan fingerprint density at radius 2 is 1.72 bits per heavy atom. The molecule has 0 spiro atoms. The molecule has 0 fully saturated rings. The van der Waals surface area contributed by atoms with Crippen LogP contribution in [0.1, 0.15) is 41.6 Å². The van der Waals surface area contributed by atoms with Crippen molar-refractivity contribution in [3.05, 3.63) is 53.6 Å². The number of aromatic nitrogens is 1. The topological polar surface area (TPSA) is 93.3 Å². The first-order valence-electron chi connectivity index (χ1n) is 8.40. The molecule has 0 aliphatic rings. The van der Waals surface area contributed by atoms with Crippen LogP contribution in [0.4, 0.5) is 0 Å². The van der Waals surface area contributed by atoms with E-state index in [1.807, 2.05) is 42.5 Å². The molecule has 5 heteroatoms. The van der Waals surface area contributed by atoms with Gasteiger partial charge in [0.15, 0.2) is 0 Å². The first-order valence-corrected chi connectivity index (χ1v) is 8.40. The highest BCUT2D eigenvalue weighted by molar-refractivity contribution is 6.16. The van der Waals surface area contributed by atoms with Crippen molar-refractivity contribution in [3.8, 4) is 0 Å². The number of aryl methyl sites for hydroxylation is 1. The number of carbonyl (C=O) groups is 2. The molecule has 128 valence electrons. The normalized spacial score (nSPS) is 11.0. The van der Waals surface area contributed by atoms with Crippen LogP contribution in [0.3, 0.4) is 0 Å². The zero-order chi connectivity index (χ0) is 17.8. The van der Waals surface area contributed by atoms with E-state index in [2.05, 4.69) is 4.98 Å². The Morgan fingerprint density at radius 1 is 0.960 bits per heavy atom. The number of amides is 1. The molecule has 25 heavy (non-hydrogen) atoms. The summed E-state index contributed by atoms with van der Waals surface area (Å²) in [5.74, 6) is -1.22. The van der Waals surface area contributed by atoms with Crippen molar-refractivity contribution < 1.29 is 14.7 Å². The number of hydrogen-bond acceptors (Lipinski definition) is 3. The third kappa shape index (κ3) is 3.60. The lowest BCUT2D eigenvalue weighted by Crippen LogP contribution is -2.13. The summed E-state index contributed by atoms with van der Waals surface area (Å²) in [6.45, 7) is 0. The third-order valence-corrected chi connectivity index (χ3v) is 4.38. The average Bonchev–Trinajstić information content (AvgIpc) is 2.59. The number of fused-ring (bicyclic) bond motifs is 2. The van der Waals surface area contributed by atoms with Crippen molar-refractivity contribution in [2.24, 2.45) is 5.73 Å². The lowest BCUT2D eigenvalue weighted by molar-refractivity contribution is -0.137. The number of rotatable bonds is 7. The number of pyridine rings is 1. The maximum absolute atomic E-state index is 12.2. The Morgan fingerprint density at radius 3 is 2.48 bits per heavy atom. The van der Waals surface area contributed by atoms with Gasteiger partial charge in [0.25, 0.3) is 0 Å². The first-order chi connectivity index (χ1) is 12.1. The van der Waals surface area contributed by atoms with E-state index in [0.29, 0.717) is 12.0 Å². The molecule has 2 aromatic carbocycles. The molecule has 0 aliphatic carbocycles. The fourth-order valence-electron chi connectivity index (χ4n) is 3.25. The van der Waals surface area contributed by atoms with Gasteiger partial charge in [-0.15, -0.1) is 0 Å². The summed E-state index contributed by atoms with van der Waals surface area (Å²) in [7, 11) is 0. The zero-order valence-corrected chi connectivity index (χ0v) is 13.9. The molecular weight excluding hydrogens is 316 g/mol. The number of nitrogens with two attached hydrogens (primary N) is 1. The molecule has 0 saturated carbocycles. The summed E-state index contributed by atoms with van der Waals surface area (Å²) in [5, 5.41) is 10.3. The number of carboxylic acid groups (broad SMARTS) is 1. The van der Waals surface area contributed by atoms with Gasteiger partial charge in [-0.3, -0.25) is 9.59 Å². The van der Waals surface area contributed by atoms with Gasteiger partial charge in [-0.05, 0) is 37.0 Å². The molecule has 0 radical (unpaired) electrons. The monoisotopic (exact) mass is 336 g/mol. The number of nitrogens with zero attached hydrogens (tertiary/aromatic N) is 1. The number of benzene rings is 2. The molecule has 0 aliphatic heterocycles. The molecule has 0 unspecified atom stereocenters. The van der Waals surface area contributed by atoms with Crippen LogP contribution in [0.2, 0.25) is 0 Å². The Kier molecular flexibility index (Phi) is 4.93. The quantitative estimate of drug-likeness (QED) is 0.508. The number of para-hydroxylation sites is 1. The second-order valence-electron chi connectivity index (χ2n) is 6.13. The van der Waals surface area contributed by atoms with Gasteiger partial charge in [-0.1, -0.05) is 36.8 Å². The SMILES string of the molecule is NC(=O)c1c2ccccc2nc2cccc(CCCCCC(=O)O)c12. The Bertz CT molecular complexity index is 950.